The Hall–Kier alpha value is -4.64. The zero-order chi connectivity index (χ0) is 27.2. The fourth-order valence-corrected chi connectivity index (χ4v) is 5.01. The second-order valence-corrected chi connectivity index (χ2v) is 10.8. The molecule has 4 aromatic carbocycles. The van der Waals surface area contributed by atoms with Crippen LogP contribution in [0, 0.1) is 11.8 Å². The lowest BCUT2D eigenvalue weighted by molar-refractivity contribution is -0.118. The fourth-order valence-electron chi connectivity index (χ4n) is 3.90. The van der Waals surface area contributed by atoms with E-state index in [9.17, 15) is 13.2 Å². The van der Waals surface area contributed by atoms with Crippen LogP contribution in [0.3, 0.4) is 0 Å². The van der Waals surface area contributed by atoms with Crippen molar-refractivity contribution in [1.82, 2.24) is 14.5 Å². The molecule has 1 amide bonds. The van der Waals surface area contributed by atoms with Gasteiger partial charge in [-0.3, -0.25) is 4.79 Å². The highest BCUT2D eigenvalue weighted by molar-refractivity contribution is 7.90. The highest BCUT2D eigenvalue weighted by Gasteiger charge is 2.21. The number of para-hydroxylation sites is 1. The van der Waals surface area contributed by atoms with E-state index in [1.807, 2.05) is 84.9 Å². The van der Waals surface area contributed by atoms with Crippen molar-refractivity contribution in [2.75, 3.05) is 0 Å². The number of nitrogens with one attached hydrogen (secondary N) is 1. The molecule has 0 saturated carbocycles. The van der Waals surface area contributed by atoms with E-state index in [1.54, 1.807) is 10.9 Å². The number of carbonyl (C=O) groups excluding carboxylic acids is 1. The van der Waals surface area contributed by atoms with Crippen molar-refractivity contribution in [3.8, 4) is 28.8 Å². The van der Waals surface area contributed by atoms with Gasteiger partial charge >= 0.3 is 0 Å². The molecule has 0 aliphatic heterocycles. The molecule has 0 atom stereocenters. The van der Waals surface area contributed by atoms with Crippen molar-refractivity contribution in [2.45, 2.75) is 11.3 Å². The van der Waals surface area contributed by atoms with E-state index in [2.05, 4.69) is 16.6 Å². The summed E-state index contributed by atoms with van der Waals surface area (Å²) in [7, 11) is -4.05. The van der Waals surface area contributed by atoms with Crippen molar-refractivity contribution in [3.05, 3.63) is 137 Å². The van der Waals surface area contributed by atoms with E-state index in [-0.39, 0.29) is 11.3 Å². The summed E-state index contributed by atoms with van der Waals surface area (Å²) in [4.78, 5) is 12.9. The number of aromatic nitrogens is 2. The van der Waals surface area contributed by atoms with E-state index in [1.165, 1.54) is 24.3 Å². The average molecular weight is 552 g/mol. The van der Waals surface area contributed by atoms with E-state index < -0.39 is 15.9 Å². The Morgan fingerprint density at radius 3 is 2.03 bits per heavy atom. The summed E-state index contributed by atoms with van der Waals surface area (Å²) in [6, 6.07) is 32.4. The molecule has 1 heterocycles. The van der Waals surface area contributed by atoms with Crippen LogP contribution >= 0.6 is 11.6 Å². The monoisotopic (exact) mass is 551 g/mol. The van der Waals surface area contributed by atoms with Crippen molar-refractivity contribution in [2.24, 2.45) is 0 Å². The molecule has 6 nitrogen and oxygen atoms in total. The maximum absolute atomic E-state index is 12.9. The van der Waals surface area contributed by atoms with Crippen LogP contribution in [0.25, 0.3) is 16.9 Å². The maximum atomic E-state index is 12.9. The normalized spacial score (nSPS) is 10.9. The molecule has 5 rings (SSSR count). The number of sulfonamides is 1. The summed E-state index contributed by atoms with van der Waals surface area (Å²) in [5.74, 6) is 5.61. The lowest BCUT2D eigenvalue weighted by atomic mass is 10.0. The molecule has 0 aliphatic rings. The number of halogens is 1. The van der Waals surface area contributed by atoms with Crippen LogP contribution in [0.4, 0.5) is 0 Å². The SMILES string of the molecule is O=C(Cc1cn(-c2ccccc2)nc1-c1ccc(C#Cc2ccccc2)cc1)NS(=O)(=O)c1ccc(Cl)cc1. The second kappa shape index (κ2) is 11.4. The molecular weight excluding hydrogens is 530 g/mol. The summed E-state index contributed by atoms with van der Waals surface area (Å²) < 4.78 is 29.3. The maximum Gasteiger partial charge on any atom is 0.264 e. The van der Waals surface area contributed by atoms with E-state index in [0.29, 0.717) is 16.3 Å². The molecule has 192 valence electrons. The van der Waals surface area contributed by atoms with Gasteiger partial charge < -0.3 is 0 Å². The minimum absolute atomic E-state index is 0.0485. The topological polar surface area (TPSA) is 81.1 Å². The van der Waals surface area contributed by atoms with E-state index in [4.69, 9.17) is 16.7 Å². The third kappa shape index (κ3) is 6.44. The first-order valence-electron chi connectivity index (χ1n) is 12.0. The molecule has 0 spiro atoms. The summed E-state index contributed by atoms with van der Waals surface area (Å²) in [5, 5.41) is 5.13. The van der Waals surface area contributed by atoms with Gasteiger partial charge in [0.05, 0.1) is 22.7 Å². The molecule has 5 aromatic rings. The van der Waals surface area contributed by atoms with E-state index in [0.717, 1.165) is 22.4 Å². The molecule has 0 fully saturated rings. The van der Waals surface area contributed by atoms with E-state index >= 15 is 0 Å². The van der Waals surface area contributed by atoms with Gasteiger partial charge in [-0.1, -0.05) is 72.0 Å². The smallest absolute Gasteiger partial charge is 0.264 e. The number of hydrogen-bond donors (Lipinski definition) is 1. The fraction of sp³-hybridized carbons (Fsp3) is 0.0323. The Morgan fingerprint density at radius 2 is 1.38 bits per heavy atom. The average Bonchev–Trinajstić information content (AvgIpc) is 3.36. The molecule has 39 heavy (non-hydrogen) atoms. The largest absolute Gasteiger partial charge is 0.274 e. The molecule has 0 bridgehead atoms. The summed E-state index contributed by atoms with van der Waals surface area (Å²) >= 11 is 5.86. The molecule has 0 unspecified atom stereocenters. The van der Waals surface area contributed by atoms with Crippen molar-refractivity contribution < 1.29 is 13.2 Å². The first kappa shape index (κ1) is 26.0. The van der Waals surface area contributed by atoms with Gasteiger partial charge in [0.2, 0.25) is 5.91 Å². The van der Waals surface area contributed by atoms with Crippen LogP contribution in [0.2, 0.25) is 5.02 Å². The Labute approximate surface area is 232 Å². The Balaban J connectivity index is 1.42. The first-order chi connectivity index (χ1) is 18.9. The minimum Gasteiger partial charge on any atom is -0.274 e. The minimum atomic E-state index is -4.05. The number of benzene rings is 4. The molecular formula is C31H22ClN3O3S. The number of rotatable bonds is 6. The Kier molecular flexibility index (Phi) is 7.60. The molecule has 0 aliphatic carbocycles. The summed E-state index contributed by atoms with van der Waals surface area (Å²) in [6.07, 6.45) is 1.55. The lowest BCUT2D eigenvalue weighted by Crippen LogP contribution is -2.31. The standard InChI is InChI=1S/C31H22ClN3O3S/c32-27-17-19-29(20-18-27)39(37,38)34-30(36)21-26-22-35(28-9-5-2-6-10-28)33-31(26)25-15-13-24(14-16-25)12-11-23-7-3-1-4-8-23/h1-10,13-20,22H,21H2,(H,34,36). The van der Waals surface area contributed by atoms with Crippen LogP contribution < -0.4 is 4.72 Å². The van der Waals surface area contributed by atoms with Crippen LogP contribution in [0.15, 0.2) is 120 Å². The molecule has 1 N–H and O–H groups in total. The van der Waals surface area contributed by atoms with Gasteiger partial charge in [0.1, 0.15) is 0 Å². The number of nitrogens with zero attached hydrogens (tertiary/aromatic N) is 2. The van der Waals surface area contributed by atoms with Crippen LogP contribution in [0.1, 0.15) is 16.7 Å². The number of amides is 1. The Morgan fingerprint density at radius 1 is 0.795 bits per heavy atom. The van der Waals surface area contributed by atoms with Crippen LogP contribution in [-0.2, 0) is 21.2 Å². The van der Waals surface area contributed by atoms with Gasteiger partial charge in [-0.2, -0.15) is 5.10 Å². The van der Waals surface area contributed by atoms with Crippen molar-refractivity contribution >= 4 is 27.5 Å². The highest BCUT2D eigenvalue weighted by atomic mass is 35.5. The molecule has 8 heteroatoms. The van der Waals surface area contributed by atoms with Crippen LogP contribution in [0.5, 0.6) is 0 Å². The molecule has 0 saturated heterocycles. The number of carbonyl (C=O) groups is 1. The third-order valence-electron chi connectivity index (χ3n) is 5.82. The second-order valence-electron chi connectivity index (χ2n) is 8.64. The predicted molar refractivity (Wildman–Crippen MR) is 152 cm³/mol. The van der Waals surface area contributed by atoms with Crippen molar-refractivity contribution in [1.29, 1.82) is 0 Å². The number of hydrogen-bond acceptors (Lipinski definition) is 4. The first-order valence-corrected chi connectivity index (χ1v) is 13.9. The van der Waals surface area contributed by atoms with Gasteiger partial charge in [-0.05, 0) is 60.7 Å². The lowest BCUT2D eigenvalue weighted by Gasteiger charge is -2.07. The highest BCUT2D eigenvalue weighted by Crippen LogP contribution is 2.25. The molecule has 0 radical (unpaired) electrons. The van der Waals surface area contributed by atoms with Gasteiger partial charge in [0.15, 0.2) is 0 Å². The summed E-state index contributed by atoms with van der Waals surface area (Å²) in [5.41, 5.74) is 4.48. The quantitative estimate of drug-likeness (QED) is 0.277. The van der Waals surface area contributed by atoms with Gasteiger partial charge in [0, 0.05) is 33.5 Å². The van der Waals surface area contributed by atoms with Crippen LogP contribution in [-0.4, -0.2) is 24.1 Å². The van der Waals surface area contributed by atoms with Gasteiger partial charge in [-0.15, -0.1) is 0 Å². The van der Waals surface area contributed by atoms with Gasteiger partial charge in [-0.25, -0.2) is 17.8 Å². The predicted octanol–water partition coefficient (Wildman–Crippen LogP) is 5.64. The Bertz CT molecular complexity index is 1770. The summed E-state index contributed by atoms with van der Waals surface area (Å²) in [6.45, 7) is 0. The van der Waals surface area contributed by atoms with Crippen molar-refractivity contribution in [3.63, 3.8) is 0 Å². The zero-order valence-electron chi connectivity index (χ0n) is 20.6. The molecule has 1 aromatic heterocycles. The van der Waals surface area contributed by atoms with Gasteiger partial charge in [0.25, 0.3) is 10.0 Å². The zero-order valence-corrected chi connectivity index (χ0v) is 22.2. The third-order valence-corrected chi connectivity index (χ3v) is 7.46.